The van der Waals surface area contributed by atoms with Crippen LogP contribution in [0.5, 0.6) is 5.75 Å². The lowest BCUT2D eigenvalue weighted by Crippen LogP contribution is -2.47. The van der Waals surface area contributed by atoms with Gasteiger partial charge in [-0.2, -0.15) is 22.7 Å². The second-order valence-corrected chi connectivity index (χ2v) is 13.4. The van der Waals surface area contributed by atoms with Crippen molar-refractivity contribution in [2.75, 3.05) is 31.6 Å². The van der Waals surface area contributed by atoms with Gasteiger partial charge in [-0.1, -0.05) is 17.7 Å². The third-order valence-electron chi connectivity index (χ3n) is 9.78. The van der Waals surface area contributed by atoms with E-state index in [0.717, 1.165) is 28.3 Å². The Morgan fingerprint density at radius 3 is 2.64 bits per heavy atom. The van der Waals surface area contributed by atoms with Crippen LogP contribution in [0.4, 0.5) is 18.9 Å². The number of nitrogens with one attached hydrogen (secondary N) is 1. The largest absolute Gasteiger partial charge is 0.505 e. The topological polar surface area (TPSA) is 166 Å². The van der Waals surface area contributed by atoms with Crippen LogP contribution in [0.15, 0.2) is 53.5 Å². The van der Waals surface area contributed by atoms with Gasteiger partial charge in [0.2, 0.25) is 11.7 Å². The maximum atomic E-state index is 14.4. The van der Waals surface area contributed by atoms with Gasteiger partial charge in [-0.25, -0.2) is 4.98 Å². The first-order chi connectivity index (χ1) is 25.3. The fourth-order valence-corrected chi connectivity index (χ4v) is 7.49. The van der Waals surface area contributed by atoms with Gasteiger partial charge in [0.1, 0.15) is 17.9 Å². The number of halogens is 4. The Balaban J connectivity index is 1.15. The second kappa shape index (κ2) is 12.9. The van der Waals surface area contributed by atoms with E-state index in [1.807, 2.05) is 6.08 Å². The summed E-state index contributed by atoms with van der Waals surface area (Å²) >= 11 is 6.14. The highest BCUT2D eigenvalue weighted by atomic mass is 35.5. The van der Waals surface area contributed by atoms with E-state index in [-0.39, 0.29) is 65.3 Å². The smallest absolute Gasteiger partial charge is 0.416 e. The highest BCUT2D eigenvalue weighted by Crippen LogP contribution is 2.48. The van der Waals surface area contributed by atoms with Crippen LogP contribution in [0.25, 0.3) is 22.4 Å². The first kappa shape index (κ1) is 34.7. The Bertz CT molecular complexity index is 2420. The third kappa shape index (κ3) is 6.07. The molecule has 2 amide bonds. The van der Waals surface area contributed by atoms with E-state index in [1.165, 1.54) is 15.5 Å². The van der Waals surface area contributed by atoms with Crippen molar-refractivity contribution in [3.63, 3.8) is 0 Å². The summed E-state index contributed by atoms with van der Waals surface area (Å²) in [4.78, 5) is 56.4. The summed E-state index contributed by atoms with van der Waals surface area (Å²) in [6.07, 6.45) is -1.06. The number of rotatable bonds is 5. The minimum atomic E-state index is -4.62. The predicted molar refractivity (Wildman–Crippen MR) is 183 cm³/mol. The molecule has 7 heterocycles. The van der Waals surface area contributed by atoms with Crippen molar-refractivity contribution < 1.29 is 37.3 Å². The molecule has 1 spiro atoms. The lowest BCUT2D eigenvalue weighted by atomic mass is 9.85. The van der Waals surface area contributed by atoms with Crippen LogP contribution in [-0.2, 0) is 32.6 Å². The van der Waals surface area contributed by atoms with Gasteiger partial charge in [-0.05, 0) is 62.1 Å². The molecule has 1 atom stereocenters. The molecule has 0 saturated carbocycles. The maximum absolute atomic E-state index is 14.4. The summed E-state index contributed by atoms with van der Waals surface area (Å²) < 4.78 is 54.4. The molecule has 1 fully saturated rings. The summed E-state index contributed by atoms with van der Waals surface area (Å²) in [6.45, 7) is 2.40. The summed E-state index contributed by atoms with van der Waals surface area (Å²) in [5.41, 5.74) is -0.485. The van der Waals surface area contributed by atoms with Gasteiger partial charge in [0.25, 0.3) is 11.5 Å². The first-order valence-corrected chi connectivity index (χ1v) is 17.1. The molecule has 53 heavy (non-hydrogen) atoms. The SMILES string of the molecule is C[C@H]1OC2(CCN(C(=O)c3nc4cccnc4cc3O)CC2)c2c1n(CC(=O)Nc1ccc(C(F)(F)F)cc1Cl)c1nc(C3=CCOCC3)nn1c2=O. The molecule has 3 aliphatic rings. The number of carbonyl (C=O) groups is 2. The number of fused-ring (bicyclic) bond motifs is 4. The number of anilines is 1. The molecular weight excluding hydrogens is 721 g/mol. The van der Waals surface area contributed by atoms with Crippen LogP contribution in [-0.4, -0.2) is 77.3 Å². The van der Waals surface area contributed by atoms with E-state index >= 15 is 0 Å². The molecule has 1 aromatic carbocycles. The van der Waals surface area contributed by atoms with Gasteiger partial charge in [-0.15, -0.1) is 5.10 Å². The van der Waals surface area contributed by atoms with Crippen LogP contribution in [0.1, 0.15) is 65.4 Å². The second-order valence-electron chi connectivity index (χ2n) is 13.0. The monoisotopic (exact) mass is 750 g/mol. The number of hydrogen-bond acceptors (Lipinski definition) is 10. The fourth-order valence-electron chi connectivity index (χ4n) is 7.26. The van der Waals surface area contributed by atoms with Crippen molar-refractivity contribution in [2.24, 2.45) is 0 Å². The average Bonchev–Trinajstić information content (AvgIpc) is 3.71. The van der Waals surface area contributed by atoms with E-state index in [4.69, 9.17) is 21.1 Å². The lowest BCUT2D eigenvalue weighted by Gasteiger charge is -2.39. The molecular formula is C35H30ClF3N8O6. The molecule has 4 aromatic heterocycles. The molecule has 18 heteroatoms. The zero-order valence-electron chi connectivity index (χ0n) is 28.0. The van der Waals surface area contributed by atoms with Crippen LogP contribution in [0.2, 0.25) is 5.02 Å². The number of hydrogen-bond donors (Lipinski definition) is 2. The Hall–Kier alpha value is -5.39. The Labute approximate surface area is 302 Å². The van der Waals surface area contributed by atoms with E-state index in [0.29, 0.717) is 36.4 Å². The minimum absolute atomic E-state index is 0.0334. The average molecular weight is 751 g/mol. The number of likely N-dealkylation sites (tertiary alicyclic amines) is 1. The third-order valence-corrected chi connectivity index (χ3v) is 10.1. The highest BCUT2D eigenvalue weighted by Gasteiger charge is 2.50. The van der Waals surface area contributed by atoms with Crippen LogP contribution in [0.3, 0.4) is 0 Å². The molecule has 14 nitrogen and oxygen atoms in total. The minimum Gasteiger partial charge on any atom is -0.505 e. The number of benzene rings is 1. The van der Waals surface area contributed by atoms with Crippen LogP contribution in [0, 0.1) is 0 Å². The standard InChI is InChI=1S/C35H30ClF3N8O6/c1-18-29-27(34(53-18)8-11-45(12-9-34)32(51)28-25(48)16-24-23(42-28)3-2-10-40-24)31(50)47-33(43-30(44-47)19-6-13-52-14-7-19)46(29)17-26(49)41-22-5-4-20(15-21(22)36)35(37,38)39/h2-6,10,15-16,18,48H,7-9,11-14,17H2,1H3,(H,41,49)/t18-/m1/s1. The normalized spacial score (nSPS) is 18.4. The summed E-state index contributed by atoms with van der Waals surface area (Å²) in [7, 11) is 0. The number of piperidine rings is 1. The Morgan fingerprint density at radius 1 is 1.13 bits per heavy atom. The predicted octanol–water partition coefficient (Wildman–Crippen LogP) is 4.88. The van der Waals surface area contributed by atoms with E-state index in [2.05, 4.69) is 25.4 Å². The molecule has 1 saturated heterocycles. The zero-order valence-corrected chi connectivity index (χ0v) is 28.7. The number of amides is 2. The molecule has 274 valence electrons. The van der Waals surface area contributed by atoms with Gasteiger partial charge < -0.3 is 29.4 Å². The maximum Gasteiger partial charge on any atom is 0.416 e. The van der Waals surface area contributed by atoms with Crippen molar-refractivity contribution in [3.05, 3.63) is 92.4 Å². The summed E-state index contributed by atoms with van der Waals surface area (Å²) in [5, 5.41) is 17.5. The Morgan fingerprint density at radius 2 is 1.92 bits per heavy atom. The quantitative estimate of drug-likeness (QED) is 0.253. The number of pyridine rings is 2. The fraction of sp³-hybridized carbons (Fsp3) is 0.343. The number of nitrogens with zero attached hydrogens (tertiary/aromatic N) is 7. The van der Waals surface area contributed by atoms with E-state index in [1.54, 1.807) is 25.3 Å². The number of alkyl halides is 3. The molecule has 0 aliphatic carbocycles. The molecule has 2 N–H and O–H groups in total. The van der Waals surface area contributed by atoms with Crippen LogP contribution >= 0.6 is 11.6 Å². The van der Waals surface area contributed by atoms with E-state index in [9.17, 15) is 32.7 Å². The first-order valence-electron chi connectivity index (χ1n) is 16.7. The number of aromatic hydroxyl groups is 1. The zero-order chi connectivity index (χ0) is 37.2. The molecule has 0 unspecified atom stereocenters. The number of ether oxygens (including phenoxy) is 2. The van der Waals surface area contributed by atoms with Crippen molar-refractivity contribution in [2.45, 2.75) is 50.6 Å². The van der Waals surface area contributed by atoms with Gasteiger partial charge in [-0.3, -0.25) is 19.4 Å². The van der Waals surface area contributed by atoms with Gasteiger partial charge >= 0.3 is 6.18 Å². The molecule has 0 bridgehead atoms. The molecule has 3 aliphatic heterocycles. The molecule has 0 radical (unpaired) electrons. The van der Waals surface area contributed by atoms with Crippen molar-refractivity contribution in [3.8, 4) is 5.75 Å². The van der Waals surface area contributed by atoms with E-state index < -0.39 is 47.4 Å². The summed E-state index contributed by atoms with van der Waals surface area (Å²) in [6, 6.07) is 7.36. The number of carbonyl (C=O) groups excluding carboxylic acids is 2. The van der Waals surface area contributed by atoms with Gasteiger partial charge in [0.05, 0.1) is 57.9 Å². The van der Waals surface area contributed by atoms with Gasteiger partial charge in [0.15, 0.2) is 11.5 Å². The molecule has 5 aromatic rings. The Kier molecular flexibility index (Phi) is 8.46. The number of aromatic nitrogens is 6. The lowest BCUT2D eigenvalue weighted by molar-refractivity contribution is -0.137. The van der Waals surface area contributed by atoms with Crippen molar-refractivity contribution in [1.29, 1.82) is 0 Å². The van der Waals surface area contributed by atoms with Crippen LogP contribution < -0.4 is 10.9 Å². The van der Waals surface area contributed by atoms with Gasteiger partial charge in [0, 0.05) is 25.4 Å². The van der Waals surface area contributed by atoms with Crippen molar-refractivity contribution >= 4 is 51.5 Å². The van der Waals surface area contributed by atoms with Crippen molar-refractivity contribution in [1.82, 2.24) is 34.0 Å². The summed E-state index contributed by atoms with van der Waals surface area (Å²) in [5.74, 6) is -1.10. The highest BCUT2D eigenvalue weighted by molar-refractivity contribution is 6.33. The molecule has 8 rings (SSSR count).